The van der Waals surface area contributed by atoms with Gasteiger partial charge in [0.1, 0.15) is 0 Å². The van der Waals surface area contributed by atoms with E-state index in [1.165, 1.54) is 9.80 Å². The molecule has 0 aliphatic carbocycles. The fourth-order valence-corrected chi connectivity index (χ4v) is 2.07. The van der Waals surface area contributed by atoms with Crippen molar-refractivity contribution in [2.75, 3.05) is 51.4 Å². The van der Waals surface area contributed by atoms with Crippen molar-refractivity contribution in [1.82, 2.24) is 9.80 Å². The second kappa shape index (κ2) is 5.81. The van der Waals surface area contributed by atoms with E-state index in [9.17, 15) is 9.59 Å². The van der Waals surface area contributed by atoms with Crippen molar-refractivity contribution < 1.29 is 9.59 Å². The Morgan fingerprint density at radius 1 is 1.15 bits per heavy atom. The molecule has 0 spiro atoms. The summed E-state index contributed by atoms with van der Waals surface area (Å²) >= 11 is 0. The van der Waals surface area contributed by atoms with Gasteiger partial charge in [-0.1, -0.05) is 6.07 Å². The molecule has 2 rings (SSSR count). The van der Waals surface area contributed by atoms with Gasteiger partial charge in [0.25, 0.3) is 5.91 Å². The lowest BCUT2D eigenvalue weighted by molar-refractivity contribution is -0.129. The Balaban J connectivity index is 2.19. The number of likely N-dealkylation sites (N-methyl/N-ethyl adjacent to an activating group) is 2. The highest BCUT2D eigenvalue weighted by molar-refractivity contribution is 6.03. The van der Waals surface area contributed by atoms with Crippen LogP contribution < -0.4 is 10.6 Å². The number of fused-ring (bicyclic) bond motifs is 1. The van der Waals surface area contributed by atoms with E-state index >= 15 is 0 Å². The van der Waals surface area contributed by atoms with Crippen LogP contribution in [-0.4, -0.2) is 62.4 Å². The summed E-state index contributed by atoms with van der Waals surface area (Å²) in [5, 5.41) is 6.49. The number of nitrogens with zero attached hydrogens (tertiary/aromatic N) is 2. The van der Waals surface area contributed by atoms with Crippen LogP contribution in [-0.2, 0) is 4.79 Å². The third kappa shape index (κ3) is 2.84. The molecule has 1 aliphatic heterocycles. The molecule has 0 atom stereocenters. The molecule has 108 valence electrons. The van der Waals surface area contributed by atoms with Crippen molar-refractivity contribution in [3.63, 3.8) is 0 Å². The number of anilines is 2. The number of hydrogen-bond acceptors (Lipinski definition) is 4. The summed E-state index contributed by atoms with van der Waals surface area (Å²) in [5.74, 6) is -0.259. The normalized spacial score (nSPS) is 12.8. The largest absolute Gasteiger partial charge is 0.382 e. The molecule has 1 aromatic rings. The molecule has 0 unspecified atom stereocenters. The van der Waals surface area contributed by atoms with Gasteiger partial charge in [-0.25, -0.2) is 0 Å². The Morgan fingerprint density at radius 3 is 2.55 bits per heavy atom. The number of carbonyl (C=O) groups excluding carboxylic acids is 2. The van der Waals surface area contributed by atoms with Crippen LogP contribution in [0.5, 0.6) is 0 Å². The lowest BCUT2D eigenvalue weighted by Gasteiger charge is -2.25. The van der Waals surface area contributed by atoms with Crippen molar-refractivity contribution >= 4 is 23.2 Å². The van der Waals surface area contributed by atoms with Gasteiger partial charge >= 0.3 is 0 Å². The zero-order valence-corrected chi connectivity index (χ0v) is 12.1. The van der Waals surface area contributed by atoms with Crippen LogP contribution in [0.4, 0.5) is 11.4 Å². The van der Waals surface area contributed by atoms with Gasteiger partial charge in [0.15, 0.2) is 0 Å². The standard InChI is InChI=1S/C14H20N4O2/c1-17(2)12(19)9-18(3)14(20)10-5-4-6-11-13(10)16-8-7-15-11/h4-6,15-16H,7-9H2,1-3H3. The highest BCUT2D eigenvalue weighted by Crippen LogP contribution is 2.28. The van der Waals surface area contributed by atoms with Crippen molar-refractivity contribution in [1.29, 1.82) is 0 Å². The minimum atomic E-state index is -0.159. The summed E-state index contributed by atoms with van der Waals surface area (Å²) < 4.78 is 0. The topological polar surface area (TPSA) is 64.7 Å². The van der Waals surface area contributed by atoms with Gasteiger partial charge in [0.05, 0.1) is 23.5 Å². The predicted octanol–water partition coefficient (Wildman–Crippen LogP) is 0.684. The molecule has 1 aromatic carbocycles. The molecule has 2 N–H and O–H groups in total. The zero-order chi connectivity index (χ0) is 14.7. The van der Waals surface area contributed by atoms with Gasteiger partial charge in [-0.05, 0) is 12.1 Å². The molecule has 6 heteroatoms. The van der Waals surface area contributed by atoms with Crippen molar-refractivity contribution in [2.24, 2.45) is 0 Å². The molecule has 0 aromatic heterocycles. The average molecular weight is 276 g/mol. The first kappa shape index (κ1) is 14.2. The summed E-state index contributed by atoms with van der Waals surface area (Å²) in [6.45, 7) is 1.68. The van der Waals surface area contributed by atoms with Crippen LogP contribution in [0, 0.1) is 0 Å². The van der Waals surface area contributed by atoms with E-state index in [2.05, 4.69) is 10.6 Å². The van der Waals surface area contributed by atoms with Crippen LogP contribution in [0.1, 0.15) is 10.4 Å². The van der Waals surface area contributed by atoms with Crippen molar-refractivity contribution in [2.45, 2.75) is 0 Å². The van der Waals surface area contributed by atoms with Crippen LogP contribution >= 0.6 is 0 Å². The molecular weight excluding hydrogens is 256 g/mol. The molecule has 0 saturated carbocycles. The van der Waals surface area contributed by atoms with Gasteiger partial charge in [0, 0.05) is 34.2 Å². The fraction of sp³-hybridized carbons (Fsp3) is 0.429. The Hall–Kier alpha value is -2.24. The maximum atomic E-state index is 12.5. The highest BCUT2D eigenvalue weighted by atomic mass is 16.2. The molecule has 20 heavy (non-hydrogen) atoms. The molecular formula is C14H20N4O2. The number of carbonyl (C=O) groups is 2. The summed E-state index contributed by atoms with van der Waals surface area (Å²) in [7, 11) is 4.99. The quantitative estimate of drug-likeness (QED) is 0.852. The van der Waals surface area contributed by atoms with E-state index in [0.29, 0.717) is 5.56 Å². The molecule has 0 saturated heterocycles. The Kier molecular flexibility index (Phi) is 4.12. The second-order valence-electron chi connectivity index (χ2n) is 5.03. The average Bonchev–Trinajstić information content (AvgIpc) is 2.45. The molecule has 0 radical (unpaired) electrons. The summed E-state index contributed by atoms with van der Waals surface area (Å²) in [4.78, 5) is 27.1. The summed E-state index contributed by atoms with van der Waals surface area (Å²) in [6.07, 6.45) is 0. The molecule has 1 aliphatic rings. The van der Waals surface area contributed by atoms with E-state index in [1.54, 1.807) is 27.2 Å². The number of para-hydroxylation sites is 1. The first-order chi connectivity index (χ1) is 9.50. The van der Waals surface area contributed by atoms with Gasteiger partial charge in [0.2, 0.25) is 5.91 Å². The van der Waals surface area contributed by atoms with Gasteiger partial charge < -0.3 is 20.4 Å². The second-order valence-corrected chi connectivity index (χ2v) is 5.03. The minimum absolute atomic E-state index is 0.0724. The van der Waals surface area contributed by atoms with E-state index in [4.69, 9.17) is 0 Å². The van der Waals surface area contributed by atoms with E-state index in [0.717, 1.165) is 24.5 Å². The molecule has 0 bridgehead atoms. The maximum Gasteiger partial charge on any atom is 0.256 e. The number of nitrogens with one attached hydrogen (secondary N) is 2. The molecule has 6 nitrogen and oxygen atoms in total. The number of rotatable bonds is 3. The van der Waals surface area contributed by atoms with E-state index < -0.39 is 0 Å². The fourth-order valence-electron chi connectivity index (χ4n) is 2.07. The number of benzene rings is 1. The van der Waals surface area contributed by atoms with Crippen LogP contribution in [0.2, 0.25) is 0 Å². The lowest BCUT2D eigenvalue weighted by atomic mass is 10.1. The SMILES string of the molecule is CN(C)C(=O)CN(C)C(=O)c1cccc2c1NCCN2. The molecule has 1 heterocycles. The predicted molar refractivity (Wildman–Crippen MR) is 79.1 cm³/mol. The van der Waals surface area contributed by atoms with Gasteiger partial charge in [-0.15, -0.1) is 0 Å². The summed E-state index contributed by atoms with van der Waals surface area (Å²) in [6, 6.07) is 5.55. The van der Waals surface area contributed by atoms with E-state index in [-0.39, 0.29) is 18.4 Å². The van der Waals surface area contributed by atoms with Gasteiger partial charge in [-0.3, -0.25) is 9.59 Å². The molecule has 2 amide bonds. The van der Waals surface area contributed by atoms with Crippen LogP contribution in [0.15, 0.2) is 18.2 Å². The third-order valence-electron chi connectivity index (χ3n) is 3.26. The molecule has 0 fully saturated rings. The van der Waals surface area contributed by atoms with Crippen LogP contribution in [0.25, 0.3) is 0 Å². The smallest absolute Gasteiger partial charge is 0.256 e. The lowest BCUT2D eigenvalue weighted by Crippen LogP contribution is -2.38. The van der Waals surface area contributed by atoms with Gasteiger partial charge in [-0.2, -0.15) is 0 Å². The van der Waals surface area contributed by atoms with Crippen molar-refractivity contribution in [3.8, 4) is 0 Å². The summed E-state index contributed by atoms with van der Waals surface area (Å²) in [5.41, 5.74) is 2.33. The first-order valence-electron chi connectivity index (χ1n) is 6.57. The third-order valence-corrected chi connectivity index (χ3v) is 3.26. The highest BCUT2D eigenvalue weighted by Gasteiger charge is 2.21. The number of amides is 2. The minimum Gasteiger partial charge on any atom is -0.382 e. The van der Waals surface area contributed by atoms with E-state index in [1.807, 2.05) is 12.1 Å². The zero-order valence-electron chi connectivity index (χ0n) is 12.1. The number of hydrogen-bond donors (Lipinski definition) is 2. The van der Waals surface area contributed by atoms with Crippen LogP contribution in [0.3, 0.4) is 0 Å². The first-order valence-corrected chi connectivity index (χ1v) is 6.57. The Labute approximate surface area is 118 Å². The van der Waals surface area contributed by atoms with Crippen molar-refractivity contribution in [3.05, 3.63) is 23.8 Å². The Bertz CT molecular complexity index is 528. The Morgan fingerprint density at radius 2 is 1.85 bits per heavy atom. The maximum absolute atomic E-state index is 12.5. The monoisotopic (exact) mass is 276 g/mol.